The summed E-state index contributed by atoms with van der Waals surface area (Å²) in [6, 6.07) is 11.8. The monoisotopic (exact) mass is 205 g/mol. The first kappa shape index (κ1) is 9.41. The predicted octanol–water partition coefficient (Wildman–Crippen LogP) is 2.78. The van der Waals surface area contributed by atoms with Crippen LogP contribution in [-0.4, -0.2) is 17.6 Å². The first-order valence-electron chi connectivity index (χ1n) is 4.48. The molecule has 2 heteroatoms. The van der Waals surface area contributed by atoms with Gasteiger partial charge in [-0.2, -0.15) is 0 Å². The van der Waals surface area contributed by atoms with Gasteiger partial charge in [0.1, 0.15) is 18.3 Å². The zero-order valence-corrected chi connectivity index (χ0v) is 9.14. The predicted molar refractivity (Wildman–Crippen MR) is 63.1 cm³/mol. The summed E-state index contributed by atoms with van der Waals surface area (Å²) in [6.45, 7) is 0. The summed E-state index contributed by atoms with van der Waals surface area (Å²) in [4.78, 5) is 1.32. The van der Waals surface area contributed by atoms with Gasteiger partial charge in [0.25, 0.3) is 0 Å². The van der Waals surface area contributed by atoms with Crippen molar-refractivity contribution in [3.05, 3.63) is 36.4 Å². The van der Waals surface area contributed by atoms with Gasteiger partial charge in [-0.25, -0.2) is 0 Å². The van der Waals surface area contributed by atoms with Crippen LogP contribution in [0.25, 0.3) is 10.8 Å². The Bertz CT molecular complexity index is 463. The second-order valence-corrected chi connectivity index (χ2v) is 5.55. The van der Waals surface area contributed by atoms with Crippen molar-refractivity contribution in [1.29, 1.82) is 0 Å². The zero-order valence-electron chi connectivity index (χ0n) is 8.32. The topological polar surface area (TPSA) is 20.2 Å². The maximum Gasteiger partial charge on any atom is 0.162 e. The SMILES string of the molecule is C[S+](C)c1cccc2ccc(O)cc12. The minimum absolute atomic E-state index is 0.227. The molecule has 0 aliphatic carbocycles. The normalized spacial score (nSPS) is 11.1. The molecule has 0 aromatic heterocycles. The highest BCUT2D eigenvalue weighted by atomic mass is 32.2. The van der Waals surface area contributed by atoms with Crippen LogP contribution >= 0.6 is 0 Å². The minimum atomic E-state index is 0.227. The summed E-state index contributed by atoms with van der Waals surface area (Å²) in [5.41, 5.74) is 0. The number of phenols is 1. The van der Waals surface area contributed by atoms with E-state index in [4.69, 9.17) is 0 Å². The Hall–Kier alpha value is -1.15. The molecule has 2 aromatic rings. The lowest BCUT2D eigenvalue weighted by Crippen LogP contribution is -1.96. The van der Waals surface area contributed by atoms with Gasteiger partial charge in [-0.05, 0) is 23.6 Å². The van der Waals surface area contributed by atoms with Crippen molar-refractivity contribution < 1.29 is 5.11 Å². The standard InChI is InChI=1S/C12H12OS/c1-14(2)12-5-3-4-9-6-7-10(13)8-11(9)12/h3-8H,1-2H3/p+1. The lowest BCUT2D eigenvalue weighted by molar-refractivity contribution is 0.476. The second-order valence-electron chi connectivity index (χ2n) is 3.48. The minimum Gasteiger partial charge on any atom is -0.508 e. The molecule has 0 atom stereocenters. The highest BCUT2D eigenvalue weighted by Gasteiger charge is 2.12. The second kappa shape index (κ2) is 3.54. The fraction of sp³-hybridized carbons (Fsp3) is 0.167. The van der Waals surface area contributed by atoms with Gasteiger partial charge in [-0.3, -0.25) is 0 Å². The maximum atomic E-state index is 9.44. The molecule has 0 radical (unpaired) electrons. The van der Waals surface area contributed by atoms with E-state index >= 15 is 0 Å². The van der Waals surface area contributed by atoms with E-state index < -0.39 is 0 Å². The van der Waals surface area contributed by atoms with Gasteiger partial charge in [0.2, 0.25) is 0 Å². The van der Waals surface area contributed by atoms with Gasteiger partial charge < -0.3 is 5.11 Å². The Morgan fingerprint density at radius 3 is 2.57 bits per heavy atom. The quantitative estimate of drug-likeness (QED) is 0.710. The molecule has 1 N–H and O–H groups in total. The van der Waals surface area contributed by atoms with Crippen molar-refractivity contribution in [2.24, 2.45) is 0 Å². The van der Waals surface area contributed by atoms with Gasteiger partial charge in [-0.15, -0.1) is 0 Å². The number of rotatable bonds is 1. The van der Waals surface area contributed by atoms with Gasteiger partial charge >= 0.3 is 0 Å². The average molecular weight is 205 g/mol. The smallest absolute Gasteiger partial charge is 0.162 e. The summed E-state index contributed by atoms with van der Waals surface area (Å²) in [6.07, 6.45) is 4.39. The van der Waals surface area contributed by atoms with Crippen LogP contribution in [0.1, 0.15) is 0 Å². The van der Waals surface area contributed by atoms with Crippen molar-refractivity contribution in [2.75, 3.05) is 12.5 Å². The van der Waals surface area contributed by atoms with Crippen LogP contribution in [0.4, 0.5) is 0 Å². The fourth-order valence-corrected chi connectivity index (χ4v) is 2.56. The average Bonchev–Trinajstić information content (AvgIpc) is 2.16. The molecule has 2 rings (SSSR count). The number of benzene rings is 2. The van der Waals surface area contributed by atoms with E-state index in [1.54, 1.807) is 6.07 Å². The molecule has 14 heavy (non-hydrogen) atoms. The van der Waals surface area contributed by atoms with Crippen LogP contribution in [0.3, 0.4) is 0 Å². The molecule has 0 spiro atoms. The summed E-state index contributed by atoms with van der Waals surface area (Å²) >= 11 is 0. The molecule has 0 bridgehead atoms. The van der Waals surface area contributed by atoms with E-state index in [0.717, 1.165) is 0 Å². The Morgan fingerprint density at radius 1 is 1.07 bits per heavy atom. The fourth-order valence-electron chi connectivity index (χ4n) is 1.59. The highest BCUT2D eigenvalue weighted by Crippen LogP contribution is 2.26. The van der Waals surface area contributed by atoms with Crippen LogP contribution in [0, 0.1) is 0 Å². The summed E-state index contributed by atoms with van der Waals surface area (Å²) in [5, 5.41) is 11.8. The maximum absolute atomic E-state index is 9.44. The molecule has 1 nitrogen and oxygen atoms in total. The van der Waals surface area contributed by atoms with E-state index in [9.17, 15) is 5.11 Å². The molecule has 0 aliphatic heterocycles. The van der Waals surface area contributed by atoms with Crippen LogP contribution in [-0.2, 0) is 10.9 Å². The van der Waals surface area contributed by atoms with Crippen LogP contribution < -0.4 is 0 Å². The van der Waals surface area contributed by atoms with E-state index in [1.165, 1.54) is 15.7 Å². The Balaban J connectivity index is 2.77. The molecule has 0 unspecified atom stereocenters. The van der Waals surface area contributed by atoms with Crippen LogP contribution in [0.5, 0.6) is 5.75 Å². The molecule has 0 heterocycles. The van der Waals surface area contributed by atoms with Crippen LogP contribution in [0.15, 0.2) is 41.3 Å². The van der Waals surface area contributed by atoms with Gasteiger partial charge in [0.15, 0.2) is 4.90 Å². The molecular weight excluding hydrogens is 192 g/mol. The highest BCUT2D eigenvalue weighted by molar-refractivity contribution is 7.95. The number of fused-ring (bicyclic) bond motifs is 1. The zero-order chi connectivity index (χ0) is 10.1. The molecular formula is C12H13OS+. The Kier molecular flexibility index (Phi) is 2.38. The van der Waals surface area contributed by atoms with E-state index in [2.05, 4.69) is 30.7 Å². The third-order valence-corrected chi connectivity index (χ3v) is 3.50. The molecule has 2 aromatic carbocycles. The van der Waals surface area contributed by atoms with E-state index in [0.29, 0.717) is 5.75 Å². The van der Waals surface area contributed by atoms with Gasteiger partial charge in [0, 0.05) is 16.3 Å². The lowest BCUT2D eigenvalue weighted by Gasteiger charge is -2.02. The van der Waals surface area contributed by atoms with Crippen LogP contribution in [0.2, 0.25) is 0 Å². The van der Waals surface area contributed by atoms with Crippen molar-refractivity contribution >= 4 is 21.7 Å². The lowest BCUT2D eigenvalue weighted by atomic mass is 10.1. The molecule has 0 aliphatic rings. The summed E-state index contributed by atoms with van der Waals surface area (Å²) < 4.78 is 0. The van der Waals surface area contributed by atoms with E-state index in [-0.39, 0.29) is 10.9 Å². The number of hydrogen-bond donors (Lipinski definition) is 1. The van der Waals surface area contributed by atoms with Crippen molar-refractivity contribution in [3.63, 3.8) is 0 Å². The summed E-state index contributed by atoms with van der Waals surface area (Å²) in [7, 11) is 0.227. The van der Waals surface area contributed by atoms with E-state index in [1.807, 2.05) is 12.1 Å². The van der Waals surface area contributed by atoms with Crippen molar-refractivity contribution in [2.45, 2.75) is 4.90 Å². The number of aromatic hydroxyl groups is 1. The Labute approximate surface area is 86.7 Å². The van der Waals surface area contributed by atoms with Gasteiger partial charge in [0.05, 0.1) is 0 Å². The van der Waals surface area contributed by atoms with Crippen molar-refractivity contribution in [3.8, 4) is 5.75 Å². The molecule has 72 valence electrons. The number of phenolic OH excluding ortho intramolecular Hbond substituents is 1. The number of hydrogen-bond acceptors (Lipinski definition) is 1. The third kappa shape index (κ3) is 1.58. The third-order valence-electron chi connectivity index (χ3n) is 2.27. The van der Waals surface area contributed by atoms with Crippen molar-refractivity contribution in [1.82, 2.24) is 0 Å². The Morgan fingerprint density at radius 2 is 1.86 bits per heavy atom. The molecule has 0 saturated heterocycles. The largest absolute Gasteiger partial charge is 0.508 e. The molecule has 0 saturated carbocycles. The molecule has 0 fully saturated rings. The summed E-state index contributed by atoms with van der Waals surface area (Å²) in [5.74, 6) is 0.343. The first-order chi connectivity index (χ1) is 6.68. The van der Waals surface area contributed by atoms with Gasteiger partial charge in [-0.1, -0.05) is 18.2 Å². The first-order valence-corrected chi connectivity index (χ1v) is 6.52. The molecule has 0 amide bonds.